The van der Waals surface area contributed by atoms with Crippen molar-refractivity contribution < 1.29 is 24.2 Å². The first-order valence-electron chi connectivity index (χ1n) is 15.4. The Balaban J connectivity index is 1.42. The molecule has 11 heteroatoms. The minimum absolute atomic E-state index is 0.0937. The summed E-state index contributed by atoms with van der Waals surface area (Å²) in [6.45, 7) is 9.81. The average molecular weight is 630 g/mol. The third-order valence-corrected chi connectivity index (χ3v) is 11.6. The van der Waals surface area contributed by atoms with E-state index in [2.05, 4.69) is 23.5 Å². The van der Waals surface area contributed by atoms with Crippen LogP contribution in [0.4, 0.5) is 0 Å². The van der Waals surface area contributed by atoms with Gasteiger partial charge in [-0.05, 0) is 50.3 Å². The number of nitrogens with zero attached hydrogens (tertiary/aromatic N) is 5. The van der Waals surface area contributed by atoms with Gasteiger partial charge in [-0.25, -0.2) is 4.68 Å². The summed E-state index contributed by atoms with van der Waals surface area (Å²) in [4.78, 5) is 46.6. The van der Waals surface area contributed by atoms with Crippen LogP contribution in [0.25, 0.3) is 11.0 Å². The number of hydrogen-bond donors (Lipinski definition) is 1. The molecule has 1 aromatic heterocycles. The molecule has 1 spiro atoms. The lowest BCUT2D eigenvalue weighted by Crippen LogP contribution is -2.55. The number of allylic oxidation sites excluding steroid dienone is 1. The molecule has 2 unspecified atom stereocenters. The Bertz CT molecular complexity index is 1610. The van der Waals surface area contributed by atoms with Crippen molar-refractivity contribution in [2.75, 3.05) is 19.8 Å². The van der Waals surface area contributed by atoms with Gasteiger partial charge in [0.1, 0.15) is 18.2 Å². The molecule has 4 heterocycles. The first-order valence-corrected chi connectivity index (χ1v) is 16.2. The molecule has 45 heavy (non-hydrogen) atoms. The fourth-order valence-electron chi connectivity index (χ4n) is 7.59. The highest BCUT2D eigenvalue weighted by Crippen LogP contribution is 2.72. The van der Waals surface area contributed by atoms with Crippen LogP contribution in [-0.2, 0) is 25.8 Å². The van der Waals surface area contributed by atoms with Crippen molar-refractivity contribution in [1.82, 2.24) is 24.8 Å². The Hall–Kier alpha value is -3.96. The number of para-hydroxylation sites is 1. The Morgan fingerprint density at radius 2 is 1.91 bits per heavy atom. The Morgan fingerprint density at radius 3 is 2.64 bits per heavy atom. The zero-order valence-corrected chi connectivity index (χ0v) is 26.3. The van der Waals surface area contributed by atoms with Gasteiger partial charge in [-0.3, -0.25) is 14.4 Å². The van der Waals surface area contributed by atoms with Crippen molar-refractivity contribution in [3.63, 3.8) is 0 Å². The minimum Gasteiger partial charge on any atom is -0.465 e. The molecular formula is C34H39N5O5S. The third kappa shape index (κ3) is 5.15. The molecule has 2 amide bonds. The van der Waals surface area contributed by atoms with Crippen LogP contribution in [0.1, 0.15) is 44.2 Å². The predicted octanol–water partition coefficient (Wildman–Crippen LogP) is 4.13. The van der Waals surface area contributed by atoms with E-state index in [1.165, 1.54) is 0 Å². The van der Waals surface area contributed by atoms with Gasteiger partial charge in [0.15, 0.2) is 0 Å². The van der Waals surface area contributed by atoms with E-state index in [-0.39, 0.29) is 38.2 Å². The van der Waals surface area contributed by atoms with Gasteiger partial charge in [0, 0.05) is 11.3 Å². The molecule has 2 aromatic carbocycles. The molecule has 0 aliphatic carbocycles. The molecule has 10 nitrogen and oxygen atoms in total. The number of carbonyl (C=O) groups is 3. The molecule has 2 bridgehead atoms. The van der Waals surface area contributed by atoms with Gasteiger partial charge >= 0.3 is 5.97 Å². The number of esters is 1. The summed E-state index contributed by atoms with van der Waals surface area (Å²) in [5.41, 5.74) is 2.20. The van der Waals surface area contributed by atoms with Crippen LogP contribution in [0, 0.1) is 11.8 Å². The van der Waals surface area contributed by atoms with Gasteiger partial charge in [-0.2, -0.15) is 0 Å². The number of aliphatic hydroxyl groups is 1. The van der Waals surface area contributed by atoms with E-state index < -0.39 is 39.4 Å². The fourth-order valence-corrected chi connectivity index (χ4v) is 9.91. The summed E-state index contributed by atoms with van der Waals surface area (Å²) >= 11 is 1.58. The normalized spacial score (nSPS) is 27.4. The minimum atomic E-state index is -0.938. The van der Waals surface area contributed by atoms with Gasteiger partial charge in [0.05, 0.1) is 41.4 Å². The van der Waals surface area contributed by atoms with E-state index in [9.17, 15) is 19.5 Å². The second-order valence-electron chi connectivity index (χ2n) is 12.2. The summed E-state index contributed by atoms with van der Waals surface area (Å²) in [5.74, 6) is -2.46. The fraction of sp³-hybridized carbons (Fsp3) is 0.441. The second-order valence-corrected chi connectivity index (χ2v) is 14.1. The van der Waals surface area contributed by atoms with E-state index in [1.807, 2.05) is 61.5 Å². The van der Waals surface area contributed by atoms with Crippen LogP contribution < -0.4 is 0 Å². The predicted molar refractivity (Wildman–Crippen MR) is 172 cm³/mol. The number of unbranched alkanes of at least 4 members (excludes halogenated alkanes) is 1. The number of aliphatic hydroxyl groups excluding tert-OH is 1. The Labute approximate surface area is 267 Å². The summed E-state index contributed by atoms with van der Waals surface area (Å²) in [6.07, 6.45) is 6.04. The van der Waals surface area contributed by atoms with E-state index in [0.29, 0.717) is 24.8 Å². The number of aromatic nitrogens is 3. The SMILES string of the molecule is C=CCCCOC(=O)[C@@H]1[C@H]2C(=O)N([C@H](CO)c3ccccc3)C(C(=O)N(CC=C)Cn3nnc4ccccc43)C23CC[C@@]1(C)S3. The smallest absolute Gasteiger partial charge is 0.311 e. The molecule has 6 rings (SSSR count). The lowest BCUT2D eigenvalue weighted by Gasteiger charge is -2.39. The monoisotopic (exact) mass is 629 g/mol. The second kappa shape index (κ2) is 12.4. The molecule has 3 aromatic rings. The van der Waals surface area contributed by atoms with Crippen molar-refractivity contribution >= 4 is 40.6 Å². The molecule has 0 radical (unpaired) electrons. The first kappa shape index (κ1) is 31.0. The molecule has 6 atom stereocenters. The zero-order chi connectivity index (χ0) is 31.8. The molecule has 0 saturated carbocycles. The van der Waals surface area contributed by atoms with Gasteiger partial charge in [0.25, 0.3) is 0 Å². The maximum atomic E-state index is 15.0. The molecule has 236 valence electrons. The van der Waals surface area contributed by atoms with Crippen LogP contribution in [0.5, 0.6) is 0 Å². The highest BCUT2D eigenvalue weighted by molar-refractivity contribution is 8.02. The first-order chi connectivity index (χ1) is 21.8. The van der Waals surface area contributed by atoms with Crippen LogP contribution in [0.15, 0.2) is 79.9 Å². The quantitative estimate of drug-likeness (QED) is 0.170. The molecule has 3 saturated heterocycles. The molecule has 3 aliphatic rings. The lowest BCUT2D eigenvalue weighted by molar-refractivity contribution is -0.156. The van der Waals surface area contributed by atoms with E-state index in [4.69, 9.17) is 4.74 Å². The number of benzene rings is 2. The molecule has 3 aliphatic heterocycles. The molecular weight excluding hydrogens is 590 g/mol. The van der Waals surface area contributed by atoms with E-state index in [1.54, 1.807) is 38.4 Å². The number of hydrogen-bond acceptors (Lipinski definition) is 8. The number of rotatable bonds is 13. The summed E-state index contributed by atoms with van der Waals surface area (Å²) < 4.78 is 5.98. The topological polar surface area (TPSA) is 118 Å². The number of ether oxygens (including phenoxy) is 1. The number of likely N-dealkylation sites (tertiary alicyclic amines) is 1. The zero-order valence-electron chi connectivity index (χ0n) is 25.5. The molecule has 1 N–H and O–H groups in total. The van der Waals surface area contributed by atoms with Crippen molar-refractivity contribution in [3.05, 3.63) is 85.5 Å². The van der Waals surface area contributed by atoms with Gasteiger partial charge < -0.3 is 19.6 Å². The largest absolute Gasteiger partial charge is 0.465 e. The van der Waals surface area contributed by atoms with Crippen molar-refractivity contribution in [3.8, 4) is 0 Å². The van der Waals surface area contributed by atoms with Crippen molar-refractivity contribution in [2.45, 2.75) is 60.9 Å². The summed E-state index contributed by atoms with van der Waals surface area (Å²) in [6, 6.07) is 15.1. The summed E-state index contributed by atoms with van der Waals surface area (Å²) in [7, 11) is 0. The Morgan fingerprint density at radius 1 is 1.16 bits per heavy atom. The van der Waals surface area contributed by atoms with Gasteiger partial charge in [0.2, 0.25) is 11.8 Å². The van der Waals surface area contributed by atoms with Crippen molar-refractivity contribution in [1.29, 1.82) is 0 Å². The highest BCUT2D eigenvalue weighted by Gasteiger charge is 2.78. The van der Waals surface area contributed by atoms with Gasteiger partial charge in [-0.15, -0.1) is 30.0 Å². The van der Waals surface area contributed by atoms with Gasteiger partial charge in [-0.1, -0.05) is 59.8 Å². The van der Waals surface area contributed by atoms with E-state index in [0.717, 1.165) is 17.5 Å². The highest BCUT2D eigenvalue weighted by atomic mass is 32.2. The standard InChI is InChI=1S/C34H39N5O5S/c1-4-6-12-20-44-32(43)28-27-30(41)39(26(21-40)23-13-8-7-9-14-23)29(34(27)18-17-33(28,3)45-34)31(42)37(19-5-2)22-38-25-16-11-10-15-24(25)35-36-38/h4-5,7-11,13-16,26-29,40H,1-2,6,12,17-22H2,3H3/t26-,27+,28+,29?,33-,34?/m1/s1. The third-order valence-electron chi connectivity index (χ3n) is 9.58. The maximum Gasteiger partial charge on any atom is 0.311 e. The number of amides is 2. The van der Waals surface area contributed by atoms with Crippen LogP contribution in [0.3, 0.4) is 0 Å². The number of carbonyl (C=O) groups excluding carboxylic acids is 3. The number of thioether (sulfide) groups is 1. The number of fused-ring (bicyclic) bond motifs is 2. The van der Waals surface area contributed by atoms with Crippen molar-refractivity contribution in [2.24, 2.45) is 11.8 Å². The average Bonchev–Trinajstić information content (AvgIpc) is 3.75. The maximum absolute atomic E-state index is 15.0. The van der Waals surface area contributed by atoms with Crippen LogP contribution in [-0.4, -0.2) is 83.0 Å². The summed E-state index contributed by atoms with van der Waals surface area (Å²) in [5, 5.41) is 19.3. The van der Waals surface area contributed by atoms with E-state index >= 15 is 0 Å². The lowest BCUT2D eigenvalue weighted by atomic mass is 9.66. The van der Waals surface area contributed by atoms with Crippen LogP contribution >= 0.6 is 11.8 Å². The van der Waals surface area contributed by atoms with Crippen LogP contribution in [0.2, 0.25) is 0 Å². The molecule has 3 fully saturated rings. The Kier molecular flexibility index (Phi) is 8.58.